The Kier molecular flexibility index (Phi) is 4.90. The SMILES string of the molecule is C[C@]1(NCCNS(=O)(=O)c2ccc(F)cc2)CCS(=O)(=O)C1. The fraction of sp³-hybridized carbons (Fsp3) is 0.538. The molecule has 0 spiro atoms. The van der Waals surface area contributed by atoms with E-state index in [1.54, 1.807) is 0 Å². The maximum Gasteiger partial charge on any atom is 0.240 e. The first-order chi connectivity index (χ1) is 10.1. The number of nitrogens with one attached hydrogen (secondary N) is 2. The van der Waals surface area contributed by atoms with Crippen LogP contribution in [-0.2, 0) is 19.9 Å². The lowest BCUT2D eigenvalue weighted by Crippen LogP contribution is -2.46. The lowest BCUT2D eigenvalue weighted by molar-refractivity contribution is 0.400. The Morgan fingerprint density at radius 3 is 2.41 bits per heavy atom. The maximum atomic E-state index is 12.8. The summed E-state index contributed by atoms with van der Waals surface area (Å²) in [7, 11) is -6.69. The molecule has 0 saturated carbocycles. The molecule has 0 bridgehead atoms. The summed E-state index contributed by atoms with van der Waals surface area (Å²) in [6, 6.07) is 4.54. The molecule has 2 rings (SSSR count). The summed E-state index contributed by atoms with van der Waals surface area (Å²) in [5.41, 5.74) is -0.514. The number of hydrogen-bond donors (Lipinski definition) is 2. The summed E-state index contributed by atoms with van der Waals surface area (Å²) < 4.78 is 62.0. The number of sulfonamides is 1. The average molecular weight is 350 g/mol. The van der Waals surface area contributed by atoms with E-state index >= 15 is 0 Å². The van der Waals surface area contributed by atoms with E-state index in [-0.39, 0.29) is 22.9 Å². The molecule has 0 aromatic heterocycles. The highest BCUT2D eigenvalue weighted by molar-refractivity contribution is 7.91. The molecule has 22 heavy (non-hydrogen) atoms. The fourth-order valence-corrected chi connectivity index (χ4v) is 5.55. The third kappa shape index (κ3) is 4.48. The van der Waals surface area contributed by atoms with Gasteiger partial charge in [0.1, 0.15) is 5.82 Å². The molecule has 1 saturated heterocycles. The number of hydrogen-bond acceptors (Lipinski definition) is 5. The van der Waals surface area contributed by atoms with Gasteiger partial charge in [-0.3, -0.25) is 0 Å². The van der Waals surface area contributed by atoms with E-state index < -0.39 is 31.2 Å². The topological polar surface area (TPSA) is 92.3 Å². The van der Waals surface area contributed by atoms with E-state index in [1.807, 2.05) is 6.92 Å². The monoisotopic (exact) mass is 350 g/mol. The maximum absolute atomic E-state index is 12.8. The van der Waals surface area contributed by atoms with E-state index in [1.165, 1.54) is 12.1 Å². The second-order valence-electron chi connectivity index (χ2n) is 5.68. The largest absolute Gasteiger partial charge is 0.309 e. The Bertz CT molecular complexity index is 732. The minimum absolute atomic E-state index is 0.0106. The standard InChI is InChI=1S/C13H19FN2O4S2/c1-13(6-9-21(17,18)10-13)15-7-8-16-22(19,20)12-4-2-11(14)3-5-12/h2-5,15-16H,6-10H2,1H3/t13-/m0/s1. The van der Waals surface area contributed by atoms with Crippen molar-refractivity contribution in [2.24, 2.45) is 0 Å². The van der Waals surface area contributed by atoms with Crippen LogP contribution < -0.4 is 10.0 Å². The molecule has 1 aliphatic heterocycles. The summed E-state index contributed by atoms with van der Waals surface area (Å²) in [4.78, 5) is -0.0106. The van der Waals surface area contributed by atoms with Crippen LogP contribution in [0.3, 0.4) is 0 Å². The van der Waals surface area contributed by atoms with Crippen molar-refractivity contribution in [3.05, 3.63) is 30.1 Å². The summed E-state index contributed by atoms with van der Waals surface area (Å²) in [5.74, 6) is -0.293. The molecule has 1 aromatic carbocycles. The van der Waals surface area contributed by atoms with E-state index in [2.05, 4.69) is 10.0 Å². The van der Waals surface area contributed by atoms with Crippen molar-refractivity contribution >= 4 is 19.9 Å². The molecule has 2 N–H and O–H groups in total. The molecule has 1 aliphatic rings. The smallest absolute Gasteiger partial charge is 0.240 e. The summed E-state index contributed by atoms with van der Waals surface area (Å²) in [5, 5.41) is 3.08. The zero-order valence-corrected chi connectivity index (χ0v) is 13.8. The van der Waals surface area contributed by atoms with Gasteiger partial charge in [0.15, 0.2) is 9.84 Å². The Hall–Kier alpha value is -1.03. The van der Waals surface area contributed by atoms with E-state index in [4.69, 9.17) is 0 Å². The van der Waals surface area contributed by atoms with Gasteiger partial charge in [-0.25, -0.2) is 25.9 Å². The zero-order chi connectivity index (χ0) is 16.4. The van der Waals surface area contributed by atoms with Gasteiger partial charge < -0.3 is 5.32 Å². The van der Waals surface area contributed by atoms with Crippen LogP contribution in [-0.4, -0.2) is 47.0 Å². The van der Waals surface area contributed by atoms with Crippen molar-refractivity contribution in [2.75, 3.05) is 24.6 Å². The third-order valence-corrected chi connectivity index (χ3v) is 6.98. The minimum Gasteiger partial charge on any atom is -0.309 e. The second-order valence-corrected chi connectivity index (χ2v) is 9.63. The lowest BCUT2D eigenvalue weighted by atomic mass is 10.0. The van der Waals surface area contributed by atoms with E-state index in [0.29, 0.717) is 13.0 Å². The van der Waals surface area contributed by atoms with Crippen LogP contribution in [0.5, 0.6) is 0 Å². The Morgan fingerprint density at radius 1 is 1.23 bits per heavy atom. The van der Waals surface area contributed by atoms with Crippen molar-refractivity contribution in [1.82, 2.24) is 10.0 Å². The van der Waals surface area contributed by atoms with Gasteiger partial charge in [-0.1, -0.05) is 0 Å². The molecule has 1 heterocycles. The quantitative estimate of drug-likeness (QED) is 0.719. The molecule has 0 amide bonds. The molecule has 1 atom stereocenters. The number of halogens is 1. The fourth-order valence-electron chi connectivity index (χ4n) is 2.40. The van der Waals surface area contributed by atoms with Crippen LogP contribution in [0.1, 0.15) is 13.3 Å². The lowest BCUT2D eigenvalue weighted by Gasteiger charge is -2.23. The Morgan fingerprint density at radius 2 is 1.86 bits per heavy atom. The Labute approximate surface area is 130 Å². The molecule has 6 nitrogen and oxygen atoms in total. The van der Waals surface area contributed by atoms with Gasteiger partial charge in [-0.15, -0.1) is 0 Å². The number of sulfone groups is 1. The van der Waals surface area contributed by atoms with Gasteiger partial charge in [-0.2, -0.15) is 0 Å². The number of rotatable bonds is 6. The van der Waals surface area contributed by atoms with Gasteiger partial charge >= 0.3 is 0 Å². The first kappa shape index (κ1) is 17.3. The van der Waals surface area contributed by atoms with Crippen LogP contribution in [0.4, 0.5) is 4.39 Å². The van der Waals surface area contributed by atoms with Gasteiger partial charge in [0.05, 0.1) is 16.4 Å². The van der Waals surface area contributed by atoms with Gasteiger partial charge in [0, 0.05) is 18.6 Å². The van der Waals surface area contributed by atoms with Crippen LogP contribution in [0.25, 0.3) is 0 Å². The van der Waals surface area contributed by atoms with Crippen LogP contribution >= 0.6 is 0 Å². The van der Waals surface area contributed by atoms with Crippen LogP contribution in [0.15, 0.2) is 29.2 Å². The molecule has 0 unspecified atom stereocenters. The molecule has 0 aliphatic carbocycles. The van der Waals surface area contributed by atoms with Gasteiger partial charge in [0.2, 0.25) is 10.0 Å². The first-order valence-electron chi connectivity index (χ1n) is 6.83. The van der Waals surface area contributed by atoms with Crippen molar-refractivity contribution in [1.29, 1.82) is 0 Å². The minimum atomic E-state index is -3.69. The highest BCUT2D eigenvalue weighted by Gasteiger charge is 2.37. The number of benzene rings is 1. The first-order valence-corrected chi connectivity index (χ1v) is 10.1. The normalized spacial score (nSPS) is 24.5. The van der Waals surface area contributed by atoms with Crippen molar-refractivity contribution < 1.29 is 21.2 Å². The summed E-state index contributed by atoms with van der Waals surface area (Å²) >= 11 is 0. The van der Waals surface area contributed by atoms with Crippen molar-refractivity contribution in [2.45, 2.75) is 23.8 Å². The predicted molar refractivity (Wildman–Crippen MR) is 81.3 cm³/mol. The molecular weight excluding hydrogens is 331 g/mol. The third-order valence-electron chi connectivity index (χ3n) is 3.60. The summed E-state index contributed by atoms with van der Waals surface area (Å²) in [6.45, 7) is 2.24. The molecule has 0 radical (unpaired) electrons. The molecular formula is C13H19FN2O4S2. The highest BCUT2D eigenvalue weighted by Crippen LogP contribution is 2.22. The van der Waals surface area contributed by atoms with E-state index in [9.17, 15) is 21.2 Å². The second kappa shape index (κ2) is 6.23. The summed E-state index contributed by atoms with van der Waals surface area (Å²) in [6.07, 6.45) is 0.514. The Balaban J connectivity index is 1.85. The zero-order valence-electron chi connectivity index (χ0n) is 12.2. The van der Waals surface area contributed by atoms with Crippen molar-refractivity contribution in [3.63, 3.8) is 0 Å². The molecule has 124 valence electrons. The van der Waals surface area contributed by atoms with Gasteiger partial charge in [0.25, 0.3) is 0 Å². The van der Waals surface area contributed by atoms with Crippen LogP contribution in [0, 0.1) is 5.82 Å². The molecule has 1 aromatic rings. The highest BCUT2D eigenvalue weighted by atomic mass is 32.2. The van der Waals surface area contributed by atoms with E-state index in [0.717, 1.165) is 12.1 Å². The average Bonchev–Trinajstić information content (AvgIpc) is 2.70. The van der Waals surface area contributed by atoms with Gasteiger partial charge in [-0.05, 0) is 37.6 Å². The molecule has 9 heteroatoms. The van der Waals surface area contributed by atoms with Crippen molar-refractivity contribution in [3.8, 4) is 0 Å². The predicted octanol–water partition coefficient (Wildman–Crippen LogP) is 0.271. The van der Waals surface area contributed by atoms with Crippen LogP contribution in [0.2, 0.25) is 0 Å². The molecule has 1 fully saturated rings.